The van der Waals surface area contributed by atoms with Crippen molar-refractivity contribution in [3.63, 3.8) is 0 Å². The van der Waals surface area contributed by atoms with Crippen LogP contribution in [0.25, 0.3) is 0 Å². The number of carbonyl (C=O) groups is 1. The minimum absolute atomic E-state index is 0.00213. The van der Waals surface area contributed by atoms with Crippen LogP contribution in [0.2, 0.25) is 5.02 Å². The van der Waals surface area contributed by atoms with Gasteiger partial charge in [-0.25, -0.2) is 4.79 Å². The molecule has 0 saturated heterocycles. The third-order valence-corrected chi connectivity index (χ3v) is 2.07. The predicted molar refractivity (Wildman–Crippen MR) is 55.8 cm³/mol. The fourth-order valence-electron chi connectivity index (χ4n) is 0.940. The Morgan fingerprint density at radius 3 is 2.69 bits per heavy atom. The number of hydrogen-bond donors (Lipinski definition) is 1. The van der Waals surface area contributed by atoms with E-state index in [1.54, 1.807) is 0 Å². The number of ether oxygens (including phenoxy) is 1. The standard InChI is InChI=1S/C9H8ClNO5/c1-5(9(12)13)16-8-3-2-6(11(14)15)4-7(8)10/h2-5H,1H3,(H,12,13). The molecule has 1 N–H and O–H groups in total. The first-order chi connectivity index (χ1) is 7.41. The second-order valence-corrected chi connectivity index (χ2v) is 3.38. The molecule has 1 aromatic rings. The summed E-state index contributed by atoms with van der Waals surface area (Å²) in [5.74, 6) is -1.04. The molecule has 6 nitrogen and oxygen atoms in total. The molecule has 0 fully saturated rings. The smallest absolute Gasteiger partial charge is 0.344 e. The van der Waals surface area contributed by atoms with E-state index in [0.29, 0.717) is 0 Å². The molecule has 7 heteroatoms. The SMILES string of the molecule is CC(Oc1ccc([N+](=O)[O-])cc1Cl)C(=O)O. The van der Waals surface area contributed by atoms with Gasteiger partial charge in [-0.15, -0.1) is 0 Å². The van der Waals surface area contributed by atoms with Crippen molar-refractivity contribution in [3.05, 3.63) is 33.3 Å². The molecule has 0 saturated carbocycles. The van der Waals surface area contributed by atoms with Gasteiger partial charge in [0, 0.05) is 12.1 Å². The number of hydrogen-bond acceptors (Lipinski definition) is 4. The van der Waals surface area contributed by atoms with Gasteiger partial charge in [0.05, 0.1) is 9.95 Å². The average molecular weight is 246 g/mol. The van der Waals surface area contributed by atoms with Crippen LogP contribution < -0.4 is 4.74 Å². The number of benzene rings is 1. The molecule has 86 valence electrons. The molecular formula is C9H8ClNO5. The molecule has 0 radical (unpaired) electrons. The summed E-state index contributed by atoms with van der Waals surface area (Å²) in [7, 11) is 0. The van der Waals surface area contributed by atoms with E-state index in [4.69, 9.17) is 21.4 Å². The first kappa shape index (κ1) is 12.3. The number of carboxylic acids is 1. The molecule has 0 aliphatic rings. The lowest BCUT2D eigenvalue weighted by atomic mass is 10.3. The molecule has 0 aromatic heterocycles. The summed E-state index contributed by atoms with van der Waals surface area (Å²) >= 11 is 5.70. The Morgan fingerprint density at radius 2 is 2.25 bits per heavy atom. The van der Waals surface area contributed by atoms with E-state index >= 15 is 0 Å². The summed E-state index contributed by atoms with van der Waals surface area (Å²) in [5, 5.41) is 19.0. The Balaban J connectivity index is 2.91. The first-order valence-corrected chi connectivity index (χ1v) is 4.63. The van der Waals surface area contributed by atoms with E-state index in [0.717, 1.165) is 6.07 Å². The minimum atomic E-state index is -1.14. The lowest BCUT2D eigenvalue weighted by molar-refractivity contribution is -0.384. The molecule has 0 aliphatic heterocycles. The monoisotopic (exact) mass is 245 g/mol. The number of rotatable bonds is 4. The highest BCUT2D eigenvalue weighted by molar-refractivity contribution is 6.32. The van der Waals surface area contributed by atoms with Crippen LogP contribution in [0.1, 0.15) is 6.92 Å². The van der Waals surface area contributed by atoms with Crippen molar-refractivity contribution in [3.8, 4) is 5.75 Å². The number of non-ortho nitro benzene ring substituents is 1. The highest BCUT2D eigenvalue weighted by Gasteiger charge is 2.16. The summed E-state index contributed by atoms with van der Waals surface area (Å²) in [6, 6.07) is 3.56. The molecular weight excluding hydrogens is 238 g/mol. The molecule has 0 amide bonds. The molecule has 1 unspecified atom stereocenters. The number of nitrogens with zero attached hydrogens (tertiary/aromatic N) is 1. The van der Waals surface area contributed by atoms with Gasteiger partial charge in [0.2, 0.25) is 0 Å². The summed E-state index contributed by atoms with van der Waals surface area (Å²) in [6.45, 7) is 1.33. The molecule has 0 spiro atoms. The van der Waals surface area contributed by atoms with E-state index in [1.807, 2.05) is 0 Å². The third-order valence-electron chi connectivity index (χ3n) is 1.78. The second-order valence-electron chi connectivity index (χ2n) is 2.97. The zero-order valence-electron chi connectivity index (χ0n) is 8.21. The Labute approximate surface area is 95.6 Å². The van der Waals surface area contributed by atoms with Crippen LogP contribution in [0, 0.1) is 10.1 Å². The van der Waals surface area contributed by atoms with E-state index in [-0.39, 0.29) is 16.5 Å². The fourth-order valence-corrected chi connectivity index (χ4v) is 1.16. The number of carboxylic acid groups (broad SMARTS) is 1. The first-order valence-electron chi connectivity index (χ1n) is 4.25. The van der Waals surface area contributed by atoms with Crippen molar-refractivity contribution in [2.24, 2.45) is 0 Å². The molecule has 1 aromatic carbocycles. The zero-order valence-corrected chi connectivity index (χ0v) is 8.97. The normalized spacial score (nSPS) is 11.9. The number of nitro benzene ring substituents is 1. The molecule has 0 heterocycles. The number of aliphatic carboxylic acids is 1. The van der Waals surface area contributed by atoms with Gasteiger partial charge in [-0.05, 0) is 13.0 Å². The average Bonchev–Trinajstić information content (AvgIpc) is 2.20. The minimum Gasteiger partial charge on any atom is -0.479 e. The van der Waals surface area contributed by atoms with Gasteiger partial charge < -0.3 is 9.84 Å². The van der Waals surface area contributed by atoms with Crippen molar-refractivity contribution in [1.82, 2.24) is 0 Å². The summed E-state index contributed by atoms with van der Waals surface area (Å²) in [5.41, 5.74) is -0.180. The number of halogens is 1. The van der Waals surface area contributed by atoms with Gasteiger partial charge >= 0.3 is 5.97 Å². The van der Waals surface area contributed by atoms with Gasteiger partial charge in [0.1, 0.15) is 5.75 Å². The van der Waals surface area contributed by atoms with Crippen molar-refractivity contribution >= 4 is 23.3 Å². The van der Waals surface area contributed by atoms with E-state index in [1.165, 1.54) is 19.1 Å². The van der Waals surface area contributed by atoms with Crippen molar-refractivity contribution in [2.45, 2.75) is 13.0 Å². The molecule has 1 atom stereocenters. The predicted octanol–water partition coefficient (Wildman–Crippen LogP) is 2.10. The largest absolute Gasteiger partial charge is 0.479 e. The van der Waals surface area contributed by atoms with Crippen molar-refractivity contribution in [1.29, 1.82) is 0 Å². The zero-order chi connectivity index (χ0) is 12.3. The summed E-state index contributed by atoms with van der Waals surface area (Å²) in [6.07, 6.45) is -1.07. The van der Waals surface area contributed by atoms with Gasteiger partial charge in [-0.3, -0.25) is 10.1 Å². The van der Waals surface area contributed by atoms with Crippen LogP contribution in [-0.2, 0) is 4.79 Å². The van der Waals surface area contributed by atoms with Gasteiger partial charge in [-0.1, -0.05) is 11.6 Å². The Morgan fingerprint density at radius 1 is 1.62 bits per heavy atom. The van der Waals surface area contributed by atoms with Crippen LogP contribution in [0.3, 0.4) is 0 Å². The van der Waals surface area contributed by atoms with Crippen molar-refractivity contribution in [2.75, 3.05) is 0 Å². The second kappa shape index (κ2) is 4.80. The highest BCUT2D eigenvalue weighted by Crippen LogP contribution is 2.29. The lowest BCUT2D eigenvalue weighted by Crippen LogP contribution is -2.22. The maximum Gasteiger partial charge on any atom is 0.344 e. The maximum atomic E-state index is 10.5. The fraction of sp³-hybridized carbons (Fsp3) is 0.222. The number of nitro groups is 1. The highest BCUT2D eigenvalue weighted by atomic mass is 35.5. The summed E-state index contributed by atoms with van der Waals surface area (Å²) in [4.78, 5) is 20.3. The van der Waals surface area contributed by atoms with Crippen molar-refractivity contribution < 1.29 is 19.6 Å². The Hall–Kier alpha value is -1.82. The lowest BCUT2D eigenvalue weighted by Gasteiger charge is -2.11. The Kier molecular flexibility index (Phi) is 3.68. The molecule has 0 bridgehead atoms. The summed E-state index contributed by atoms with van der Waals surface area (Å²) < 4.78 is 4.99. The van der Waals surface area contributed by atoms with Crippen LogP contribution in [0.15, 0.2) is 18.2 Å². The maximum absolute atomic E-state index is 10.5. The van der Waals surface area contributed by atoms with E-state index in [9.17, 15) is 14.9 Å². The van der Waals surface area contributed by atoms with E-state index < -0.39 is 17.0 Å². The molecule has 16 heavy (non-hydrogen) atoms. The molecule has 1 rings (SSSR count). The van der Waals surface area contributed by atoms with Gasteiger partial charge in [-0.2, -0.15) is 0 Å². The van der Waals surface area contributed by atoms with Gasteiger partial charge in [0.15, 0.2) is 6.10 Å². The third kappa shape index (κ3) is 2.83. The topological polar surface area (TPSA) is 89.7 Å². The molecule has 0 aliphatic carbocycles. The van der Waals surface area contributed by atoms with Crippen LogP contribution >= 0.6 is 11.6 Å². The Bertz CT molecular complexity index is 434. The van der Waals surface area contributed by atoms with Crippen LogP contribution in [-0.4, -0.2) is 22.1 Å². The van der Waals surface area contributed by atoms with Crippen LogP contribution in [0.4, 0.5) is 5.69 Å². The van der Waals surface area contributed by atoms with E-state index in [2.05, 4.69) is 0 Å². The quantitative estimate of drug-likeness (QED) is 0.648. The van der Waals surface area contributed by atoms with Crippen LogP contribution in [0.5, 0.6) is 5.75 Å². The van der Waals surface area contributed by atoms with Gasteiger partial charge in [0.25, 0.3) is 5.69 Å².